The molecule has 1 heterocycles. The Hall–Kier alpha value is -0.290. The van der Waals surface area contributed by atoms with E-state index in [9.17, 15) is 13.2 Å². The molecule has 102 valence electrons. The summed E-state index contributed by atoms with van der Waals surface area (Å²) in [6.45, 7) is 8.28. The number of rotatable bonds is 3. The van der Waals surface area contributed by atoms with Crippen molar-refractivity contribution in [2.75, 3.05) is 19.6 Å². The molecule has 0 bridgehead atoms. The van der Waals surface area contributed by atoms with E-state index in [1.807, 2.05) is 27.7 Å². The molecule has 0 radical (unpaired) electrons. The zero-order valence-corrected chi connectivity index (χ0v) is 11.1. The Balaban J connectivity index is 2.68. The smallest absolute Gasteiger partial charge is 0.309 e. The third-order valence-electron chi connectivity index (χ3n) is 3.06. The maximum absolute atomic E-state index is 12.5. The topological polar surface area (TPSA) is 15.3 Å². The molecule has 0 amide bonds. The molecule has 0 aromatic heterocycles. The first-order valence-electron chi connectivity index (χ1n) is 6.15. The van der Waals surface area contributed by atoms with Gasteiger partial charge in [-0.1, -0.05) is 13.8 Å². The predicted molar refractivity (Wildman–Crippen MR) is 63.0 cm³/mol. The lowest BCUT2D eigenvalue weighted by molar-refractivity contribution is -0.156. The van der Waals surface area contributed by atoms with Crippen LogP contribution in [0.3, 0.4) is 0 Å². The second kappa shape index (κ2) is 5.14. The number of nitrogens with one attached hydrogen (secondary N) is 1. The van der Waals surface area contributed by atoms with E-state index in [-0.39, 0.29) is 11.6 Å². The average Bonchev–Trinajstić information content (AvgIpc) is 2.05. The SMILES string of the molecule is CC(C)CC1CNC(C)(C)CN1CC(F)(F)F. The Kier molecular flexibility index (Phi) is 4.47. The van der Waals surface area contributed by atoms with Crippen LogP contribution in [-0.2, 0) is 0 Å². The lowest BCUT2D eigenvalue weighted by atomic mass is 9.94. The summed E-state index contributed by atoms with van der Waals surface area (Å²) in [5.41, 5.74) is -0.237. The van der Waals surface area contributed by atoms with Crippen molar-refractivity contribution in [1.29, 1.82) is 0 Å². The summed E-state index contributed by atoms with van der Waals surface area (Å²) < 4.78 is 37.6. The minimum absolute atomic E-state index is 0.00958. The summed E-state index contributed by atoms with van der Waals surface area (Å²) in [7, 11) is 0. The Bertz CT molecular complexity index is 247. The molecule has 0 aromatic rings. The normalized spacial score (nSPS) is 26.5. The van der Waals surface area contributed by atoms with Gasteiger partial charge in [-0.05, 0) is 26.2 Å². The monoisotopic (exact) mass is 252 g/mol. The van der Waals surface area contributed by atoms with Crippen molar-refractivity contribution in [3.8, 4) is 0 Å². The Morgan fingerprint density at radius 1 is 1.35 bits per heavy atom. The molecule has 0 aromatic carbocycles. The van der Waals surface area contributed by atoms with Gasteiger partial charge in [0.25, 0.3) is 0 Å². The van der Waals surface area contributed by atoms with Gasteiger partial charge >= 0.3 is 6.18 Å². The van der Waals surface area contributed by atoms with E-state index in [1.165, 1.54) is 0 Å². The van der Waals surface area contributed by atoms with Crippen molar-refractivity contribution >= 4 is 0 Å². The maximum Gasteiger partial charge on any atom is 0.401 e. The molecule has 5 heteroatoms. The van der Waals surface area contributed by atoms with Crippen LogP contribution in [0.25, 0.3) is 0 Å². The van der Waals surface area contributed by atoms with E-state index in [4.69, 9.17) is 0 Å². The second-order valence-electron chi connectivity index (χ2n) is 6.07. The third kappa shape index (κ3) is 5.25. The standard InChI is InChI=1S/C12H23F3N2/c1-9(2)5-10-6-16-11(3,4)7-17(10)8-12(13,14)15/h9-10,16H,5-8H2,1-4H3. The minimum Gasteiger partial charge on any atom is -0.309 e. The first kappa shape index (κ1) is 14.8. The van der Waals surface area contributed by atoms with Crippen LogP contribution >= 0.6 is 0 Å². The quantitative estimate of drug-likeness (QED) is 0.830. The van der Waals surface area contributed by atoms with Crippen LogP contribution in [0.2, 0.25) is 0 Å². The fourth-order valence-corrected chi connectivity index (χ4v) is 2.41. The Morgan fingerprint density at radius 3 is 2.41 bits per heavy atom. The summed E-state index contributed by atoms with van der Waals surface area (Å²) in [4.78, 5) is 1.58. The molecule has 1 saturated heterocycles. The van der Waals surface area contributed by atoms with Gasteiger partial charge in [-0.15, -0.1) is 0 Å². The van der Waals surface area contributed by atoms with Crippen LogP contribution < -0.4 is 5.32 Å². The van der Waals surface area contributed by atoms with Gasteiger partial charge in [0.15, 0.2) is 0 Å². The van der Waals surface area contributed by atoms with Crippen molar-refractivity contribution in [1.82, 2.24) is 10.2 Å². The van der Waals surface area contributed by atoms with Crippen molar-refractivity contribution in [2.24, 2.45) is 5.92 Å². The molecule has 1 aliphatic heterocycles. The van der Waals surface area contributed by atoms with E-state index >= 15 is 0 Å². The van der Waals surface area contributed by atoms with Gasteiger partial charge in [0.2, 0.25) is 0 Å². The molecule has 0 spiro atoms. The van der Waals surface area contributed by atoms with E-state index in [1.54, 1.807) is 4.90 Å². The zero-order valence-electron chi connectivity index (χ0n) is 11.1. The van der Waals surface area contributed by atoms with Crippen molar-refractivity contribution in [3.63, 3.8) is 0 Å². The van der Waals surface area contributed by atoms with Crippen LogP contribution in [0.4, 0.5) is 13.2 Å². The van der Waals surface area contributed by atoms with Crippen LogP contribution in [0.15, 0.2) is 0 Å². The minimum atomic E-state index is -4.11. The van der Waals surface area contributed by atoms with Crippen molar-refractivity contribution < 1.29 is 13.2 Å². The van der Waals surface area contributed by atoms with Crippen molar-refractivity contribution in [2.45, 2.75) is 51.9 Å². The van der Waals surface area contributed by atoms with E-state index in [0.29, 0.717) is 19.0 Å². The first-order chi connectivity index (χ1) is 7.59. The number of piperazine rings is 1. The summed E-state index contributed by atoms with van der Waals surface area (Å²) in [6.07, 6.45) is -3.30. The molecule has 0 saturated carbocycles. The summed E-state index contributed by atoms with van der Waals surface area (Å²) in [5, 5.41) is 3.32. The third-order valence-corrected chi connectivity index (χ3v) is 3.06. The van der Waals surface area contributed by atoms with Crippen LogP contribution in [0.5, 0.6) is 0 Å². The molecular weight excluding hydrogens is 229 g/mol. The number of hydrogen-bond donors (Lipinski definition) is 1. The highest BCUT2D eigenvalue weighted by atomic mass is 19.4. The molecule has 1 rings (SSSR count). The van der Waals surface area contributed by atoms with Gasteiger partial charge in [-0.25, -0.2) is 0 Å². The summed E-state index contributed by atoms with van der Waals surface area (Å²) in [5.74, 6) is 0.416. The average molecular weight is 252 g/mol. The lowest BCUT2D eigenvalue weighted by Crippen LogP contribution is -2.63. The number of hydrogen-bond acceptors (Lipinski definition) is 2. The summed E-state index contributed by atoms with van der Waals surface area (Å²) >= 11 is 0. The van der Waals surface area contributed by atoms with Crippen LogP contribution in [-0.4, -0.2) is 42.3 Å². The molecule has 1 atom stereocenters. The predicted octanol–water partition coefficient (Wildman–Crippen LogP) is 2.65. The molecule has 17 heavy (non-hydrogen) atoms. The number of nitrogens with zero attached hydrogens (tertiary/aromatic N) is 1. The second-order valence-corrected chi connectivity index (χ2v) is 6.07. The highest BCUT2D eigenvalue weighted by Crippen LogP contribution is 2.25. The van der Waals surface area contributed by atoms with E-state index in [2.05, 4.69) is 5.32 Å². The molecule has 1 aliphatic rings. The molecule has 2 nitrogen and oxygen atoms in total. The van der Waals surface area contributed by atoms with Gasteiger partial charge < -0.3 is 5.32 Å². The van der Waals surface area contributed by atoms with E-state index in [0.717, 1.165) is 6.42 Å². The fraction of sp³-hybridized carbons (Fsp3) is 1.00. The lowest BCUT2D eigenvalue weighted by Gasteiger charge is -2.45. The largest absolute Gasteiger partial charge is 0.401 e. The zero-order chi connectivity index (χ0) is 13.3. The van der Waals surface area contributed by atoms with E-state index < -0.39 is 12.7 Å². The van der Waals surface area contributed by atoms with Crippen molar-refractivity contribution in [3.05, 3.63) is 0 Å². The molecule has 1 fully saturated rings. The van der Waals surface area contributed by atoms with Gasteiger partial charge in [-0.3, -0.25) is 4.90 Å². The van der Waals surface area contributed by atoms with Crippen LogP contribution in [0, 0.1) is 5.92 Å². The van der Waals surface area contributed by atoms with Gasteiger partial charge in [-0.2, -0.15) is 13.2 Å². The van der Waals surface area contributed by atoms with Gasteiger partial charge in [0.1, 0.15) is 0 Å². The highest BCUT2D eigenvalue weighted by Gasteiger charge is 2.39. The molecule has 0 aliphatic carbocycles. The molecular formula is C12H23F3N2. The highest BCUT2D eigenvalue weighted by molar-refractivity contribution is 4.93. The Labute approximate surface area is 102 Å². The first-order valence-corrected chi connectivity index (χ1v) is 6.15. The van der Waals surface area contributed by atoms with Gasteiger partial charge in [0.05, 0.1) is 6.54 Å². The number of halogens is 3. The maximum atomic E-state index is 12.5. The molecule has 1 N–H and O–H groups in total. The van der Waals surface area contributed by atoms with Crippen LogP contribution in [0.1, 0.15) is 34.1 Å². The fourth-order valence-electron chi connectivity index (χ4n) is 2.41. The molecule has 1 unspecified atom stereocenters. The summed E-state index contributed by atoms with van der Waals surface area (Å²) in [6, 6.07) is -0.00958. The Morgan fingerprint density at radius 2 is 1.94 bits per heavy atom. The number of alkyl halides is 3. The van der Waals surface area contributed by atoms with Gasteiger partial charge in [0, 0.05) is 24.7 Å².